The van der Waals surface area contributed by atoms with Crippen LogP contribution in [0.25, 0.3) is 0 Å². The molecule has 0 amide bonds. The number of hydrogen-bond acceptors (Lipinski definition) is 9. The first-order valence-electron chi connectivity index (χ1n) is 6.72. The number of Topliss-reactive ketones (excluding diaryl/α,β-unsaturated/α-hetero) is 2. The molecule has 0 bridgehead atoms. The minimum absolute atomic E-state index is 0.709. The molecular weight excluding hydrogens is 300 g/mol. The molecule has 9 heteroatoms. The maximum Gasteiger partial charge on any atom is 0.194 e. The van der Waals surface area contributed by atoms with E-state index in [4.69, 9.17) is 1.37 Å². The Labute approximate surface area is 129 Å². The van der Waals surface area contributed by atoms with Gasteiger partial charge >= 0.3 is 0 Å². The van der Waals surface area contributed by atoms with Crippen LogP contribution in [-0.4, -0.2) is 85.7 Å². The van der Waals surface area contributed by atoms with Crippen LogP contribution in [0.2, 0.25) is 0 Å². The van der Waals surface area contributed by atoms with Crippen LogP contribution >= 0.6 is 0 Å². The molecule has 128 valence electrons. The van der Waals surface area contributed by atoms with Gasteiger partial charge in [0.25, 0.3) is 0 Å². The highest BCUT2D eigenvalue weighted by Crippen LogP contribution is 2.36. The van der Waals surface area contributed by atoms with Crippen molar-refractivity contribution in [2.45, 2.75) is 24.9 Å². The molecule has 22 heavy (non-hydrogen) atoms. The third-order valence-corrected chi connectivity index (χ3v) is 3.44. The Bertz CT molecular complexity index is 455. The van der Waals surface area contributed by atoms with E-state index in [1.165, 1.54) is 0 Å². The van der Waals surface area contributed by atoms with Crippen molar-refractivity contribution in [1.29, 1.82) is 0 Å². The highest BCUT2D eigenvalue weighted by atomic mass is 16.6. The van der Waals surface area contributed by atoms with Crippen molar-refractivity contribution in [2.75, 3.05) is 34.5 Å². The first-order valence-corrected chi connectivity index (χ1v) is 6.22. The molecule has 0 aliphatic heterocycles. The number of aldehydes is 1. The quantitative estimate of drug-likeness (QED) is 0.217. The Morgan fingerprint density at radius 2 is 1.64 bits per heavy atom. The van der Waals surface area contributed by atoms with Crippen LogP contribution in [0.15, 0.2) is 0 Å². The third kappa shape index (κ3) is 3.57. The van der Waals surface area contributed by atoms with Gasteiger partial charge in [-0.1, -0.05) is 0 Å². The van der Waals surface area contributed by atoms with E-state index in [9.17, 15) is 29.7 Å². The first-order chi connectivity index (χ1) is 10.5. The minimum atomic E-state index is -3.16. The fraction of sp³-hybridized carbons (Fsp3) is 0.769. The van der Waals surface area contributed by atoms with Gasteiger partial charge in [0.1, 0.15) is 32.4 Å². The van der Waals surface area contributed by atoms with E-state index in [1.807, 2.05) is 0 Å². The highest BCUT2D eigenvalue weighted by Gasteiger charge is 2.62. The summed E-state index contributed by atoms with van der Waals surface area (Å²) in [6, 6.07) is 0. The second-order valence-electron chi connectivity index (χ2n) is 4.78. The number of methoxy groups -OCH3 is 3. The molecule has 0 rings (SSSR count). The normalized spacial score (nSPS) is 20.2. The van der Waals surface area contributed by atoms with Crippen LogP contribution in [-0.2, 0) is 28.6 Å². The average molecular weight is 323 g/mol. The molecule has 0 aliphatic carbocycles. The lowest BCUT2D eigenvalue weighted by Gasteiger charge is -2.42. The molecular formula is C13H22O9. The summed E-state index contributed by atoms with van der Waals surface area (Å²) >= 11 is 0. The van der Waals surface area contributed by atoms with Gasteiger partial charge in [-0.3, -0.25) is 9.59 Å². The summed E-state index contributed by atoms with van der Waals surface area (Å²) in [6.45, 7) is -0.685. The number of aliphatic hydroxyl groups is 3. The molecule has 4 atom stereocenters. The Hall–Kier alpha value is -1.23. The summed E-state index contributed by atoms with van der Waals surface area (Å²) in [5.74, 6) is -2.41. The summed E-state index contributed by atoms with van der Waals surface area (Å²) in [5.41, 5.74) is -5.87. The van der Waals surface area contributed by atoms with Crippen molar-refractivity contribution in [3.05, 3.63) is 0 Å². The molecule has 0 fully saturated rings. The van der Waals surface area contributed by atoms with Crippen LogP contribution in [0.5, 0.6) is 0 Å². The fourth-order valence-corrected chi connectivity index (χ4v) is 1.94. The van der Waals surface area contributed by atoms with Gasteiger partial charge < -0.3 is 34.3 Å². The van der Waals surface area contributed by atoms with Gasteiger partial charge in [-0.05, 0) is 6.92 Å². The molecule has 3 N–H and O–H groups in total. The molecule has 0 saturated heterocycles. The lowest BCUT2D eigenvalue weighted by Crippen LogP contribution is -2.68. The Balaban J connectivity index is 6.31. The molecule has 0 aromatic heterocycles. The van der Waals surface area contributed by atoms with Crippen LogP contribution in [0, 0.1) is 5.41 Å². The lowest BCUT2D eigenvalue weighted by molar-refractivity contribution is -0.230. The summed E-state index contributed by atoms with van der Waals surface area (Å²) in [5, 5.41) is 30.4. The zero-order valence-corrected chi connectivity index (χ0v) is 12.9. The number of carbonyl (C=O) groups is 3. The predicted octanol–water partition coefficient (Wildman–Crippen LogP) is -2.32. The zero-order chi connectivity index (χ0) is 18.4. The van der Waals surface area contributed by atoms with E-state index in [-0.39, 0.29) is 0 Å². The van der Waals surface area contributed by atoms with Gasteiger partial charge in [0.2, 0.25) is 0 Å². The van der Waals surface area contributed by atoms with Gasteiger partial charge in [0, 0.05) is 21.3 Å². The third-order valence-electron chi connectivity index (χ3n) is 3.44. The van der Waals surface area contributed by atoms with Crippen molar-refractivity contribution >= 4 is 17.8 Å². The van der Waals surface area contributed by atoms with Gasteiger partial charge in [0.15, 0.2) is 23.5 Å². The van der Waals surface area contributed by atoms with Crippen molar-refractivity contribution in [1.82, 2.24) is 0 Å². The summed E-state index contributed by atoms with van der Waals surface area (Å²) in [4.78, 5) is 36.2. The van der Waals surface area contributed by atoms with Crippen molar-refractivity contribution in [2.24, 2.45) is 5.41 Å². The molecule has 0 spiro atoms. The summed E-state index contributed by atoms with van der Waals surface area (Å²) < 4.78 is 20.9. The van der Waals surface area contributed by atoms with Gasteiger partial charge in [-0.25, -0.2) is 0 Å². The molecule has 0 radical (unpaired) electrons. The Morgan fingerprint density at radius 3 is 2.00 bits per heavy atom. The van der Waals surface area contributed by atoms with Gasteiger partial charge in [-0.15, -0.1) is 0 Å². The summed E-state index contributed by atoms with van der Waals surface area (Å²) in [6.07, 6.45) is -6.14. The Kier molecular flexibility index (Phi) is 7.20. The predicted molar refractivity (Wildman–Crippen MR) is 71.9 cm³/mol. The number of carbonyl (C=O) groups excluding carboxylic acids is 3. The number of ether oxygens (including phenoxy) is 3. The van der Waals surface area contributed by atoms with Crippen LogP contribution < -0.4 is 0 Å². The summed E-state index contributed by atoms with van der Waals surface area (Å²) in [7, 11) is 3.20. The lowest BCUT2D eigenvalue weighted by atomic mass is 9.66. The minimum Gasteiger partial charge on any atom is -0.384 e. The van der Waals surface area contributed by atoms with Crippen molar-refractivity contribution < 1.29 is 45.3 Å². The van der Waals surface area contributed by atoms with E-state index < -0.39 is 54.5 Å². The smallest absolute Gasteiger partial charge is 0.194 e. The molecule has 0 heterocycles. The van der Waals surface area contributed by atoms with E-state index in [0.29, 0.717) is 0 Å². The first kappa shape index (κ1) is 18.8. The maximum atomic E-state index is 12.3. The number of ketones is 2. The van der Waals surface area contributed by atoms with Crippen LogP contribution in [0.4, 0.5) is 0 Å². The van der Waals surface area contributed by atoms with Gasteiger partial charge in [0.05, 0.1) is 0 Å². The molecule has 0 aromatic carbocycles. The highest BCUT2D eigenvalue weighted by molar-refractivity contribution is 6.07. The topological polar surface area (TPSA) is 140 Å². The SMILES string of the molecule is [2H]C(=O)[C@](C)(C(=O)COC)[C@@](O)(C(=O)COC)[C@H](O)C(O)OC. The second kappa shape index (κ2) is 8.42. The van der Waals surface area contributed by atoms with Crippen molar-refractivity contribution in [3.63, 3.8) is 0 Å². The van der Waals surface area contributed by atoms with E-state index in [1.54, 1.807) is 0 Å². The van der Waals surface area contributed by atoms with E-state index in [0.717, 1.165) is 28.3 Å². The number of hydrogen-bond donors (Lipinski definition) is 3. The average Bonchev–Trinajstić information content (AvgIpc) is 2.51. The number of aliphatic hydroxyl groups excluding tert-OH is 2. The van der Waals surface area contributed by atoms with E-state index >= 15 is 0 Å². The second-order valence-corrected chi connectivity index (χ2v) is 4.78. The van der Waals surface area contributed by atoms with Crippen LogP contribution in [0.3, 0.4) is 0 Å². The number of rotatable bonds is 11. The molecule has 0 aromatic rings. The largest absolute Gasteiger partial charge is 0.384 e. The standard InChI is InChI=1S/C13H22O9/c1-12(7-14,8(15)5-20-2)13(19,9(16)6-21-3)10(17)11(18)22-4/h7,10-11,17-19H,5-6H2,1-4H3/t10-,11?,12-,13-/m1/s1/i7D. The molecule has 0 aliphatic rings. The molecule has 1 unspecified atom stereocenters. The van der Waals surface area contributed by atoms with Crippen molar-refractivity contribution in [3.8, 4) is 0 Å². The zero-order valence-electron chi connectivity index (χ0n) is 13.9. The molecule has 0 saturated carbocycles. The van der Waals surface area contributed by atoms with Crippen LogP contribution in [0.1, 0.15) is 8.29 Å². The maximum absolute atomic E-state index is 12.3. The van der Waals surface area contributed by atoms with E-state index in [2.05, 4.69) is 14.2 Å². The Morgan fingerprint density at radius 1 is 1.18 bits per heavy atom. The monoisotopic (exact) mass is 323 g/mol. The van der Waals surface area contributed by atoms with Gasteiger partial charge in [-0.2, -0.15) is 0 Å². The fourth-order valence-electron chi connectivity index (χ4n) is 1.94. The molecule has 9 nitrogen and oxygen atoms in total.